The SMILES string of the molecule is Cc1c(Br)cc(C(=O)N2CC(C)(C)Oc3cnn(C)c32)cc1Br. The number of aryl methyl sites for hydroxylation is 1. The van der Waals surface area contributed by atoms with E-state index in [4.69, 9.17) is 4.74 Å². The molecule has 0 bridgehead atoms. The van der Waals surface area contributed by atoms with Crippen molar-refractivity contribution in [2.24, 2.45) is 7.05 Å². The summed E-state index contributed by atoms with van der Waals surface area (Å²) in [7, 11) is 1.81. The van der Waals surface area contributed by atoms with E-state index < -0.39 is 5.60 Å². The lowest BCUT2D eigenvalue weighted by Gasteiger charge is -2.38. The van der Waals surface area contributed by atoms with Crippen LogP contribution < -0.4 is 9.64 Å². The largest absolute Gasteiger partial charge is 0.480 e. The summed E-state index contributed by atoms with van der Waals surface area (Å²) in [4.78, 5) is 14.8. The molecule has 7 heteroatoms. The molecule has 0 radical (unpaired) electrons. The van der Waals surface area contributed by atoms with Crippen molar-refractivity contribution in [3.8, 4) is 5.75 Å². The molecule has 2 aromatic rings. The van der Waals surface area contributed by atoms with Crippen LogP contribution in [0.5, 0.6) is 5.75 Å². The van der Waals surface area contributed by atoms with Crippen molar-refractivity contribution in [3.63, 3.8) is 0 Å². The van der Waals surface area contributed by atoms with Gasteiger partial charge in [-0.05, 0) is 38.5 Å². The Morgan fingerprint density at radius 1 is 1.30 bits per heavy atom. The maximum absolute atomic E-state index is 13.1. The number of hydrogen-bond donors (Lipinski definition) is 0. The van der Waals surface area contributed by atoms with Gasteiger partial charge in [0.2, 0.25) is 0 Å². The summed E-state index contributed by atoms with van der Waals surface area (Å²) in [6.45, 7) is 6.37. The van der Waals surface area contributed by atoms with Gasteiger partial charge in [-0.2, -0.15) is 5.10 Å². The van der Waals surface area contributed by atoms with E-state index in [1.807, 2.05) is 40.0 Å². The van der Waals surface area contributed by atoms with Crippen LogP contribution in [-0.2, 0) is 7.05 Å². The number of nitrogens with zero attached hydrogens (tertiary/aromatic N) is 3. The Balaban J connectivity index is 2.07. The molecule has 1 aromatic carbocycles. The summed E-state index contributed by atoms with van der Waals surface area (Å²) in [5, 5.41) is 4.22. The van der Waals surface area contributed by atoms with Gasteiger partial charge in [-0.1, -0.05) is 31.9 Å². The molecule has 0 saturated heterocycles. The highest BCUT2D eigenvalue weighted by Crippen LogP contribution is 2.37. The highest BCUT2D eigenvalue weighted by molar-refractivity contribution is 9.11. The third-order valence-corrected chi connectivity index (χ3v) is 5.48. The number of carbonyl (C=O) groups is 1. The number of anilines is 1. The Labute approximate surface area is 151 Å². The van der Waals surface area contributed by atoms with Gasteiger partial charge in [0.15, 0.2) is 11.6 Å². The van der Waals surface area contributed by atoms with Crippen LogP contribution in [0.3, 0.4) is 0 Å². The monoisotopic (exact) mass is 441 g/mol. The first-order valence-corrected chi connectivity index (χ1v) is 8.77. The van der Waals surface area contributed by atoms with Crippen LogP contribution in [0.4, 0.5) is 5.82 Å². The Morgan fingerprint density at radius 2 is 1.91 bits per heavy atom. The van der Waals surface area contributed by atoms with Crippen LogP contribution in [0.2, 0.25) is 0 Å². The van der Waals surface area contributed by atoms with Gasteiger partial charge in [-0.25, -0.2) is 4.68 Å². The Morgan fingerprint density at radius 3 is 2.52 bits per heavy atom. The molecule has 0 spiro atoms. The van der Waals surface area contributed by atoms with Crippen LogP contribution in [0, 0.1) is 6.92 Å². The van der Waals surface area contributed by atoms with Crippen LogP contribution in [0.1, 0.15) is 29.8 Å². The fraction of sp³-hybridized carbons (Fsp3) is 0.375. The predicted octanol–water partition coefficient (Wildman–Crippen LogP) is 4.07. The minimum absolute atomic E-state index is 0.0763. The average Bonchev–Trinajstić information content (AvgIpc) is 2.82. The summed E-state index contributed by atoms with van der Waals surface area (Å²) in [6.07, 6.45) is 1.65. The fourth-order valence-electron chi connectivity index (χ4n) is 2.67. The molecule has 3 rings (SSSR count). The molecule has 23 heavy (non-hydrogen) atoms. The van der Waals surface area contributed by atoms with Crippen molar-refractivity contribution in [3.05, 3.63) is 38.4 Å². The number of halogens is 2. The van der Waals surface area contributed by atoms with Gasteiger partial charge in [0.25, 0.3) is 5.91 Å². The molecule has 2 heterocycles. The minimum atomic E-state index is -0.467. The maximum atomic E-state index is 13.1. The molecule has 0 atom stereocenters. The van der Waals surface area contributed by atoms with E-state index in [2.05, 4.69) is 37.0 Å². The van der Waals surface area contributed by atoms with Gasteiger partial charge in [0.05, 0.1) is 12.7 Å². The van der Waals surface area contributed by atoms with E-state index in [0.29, 0.717) is 23.7 Å². The summed E-state index contributed by atoms with van der Waals surface area (Å²) in [5.74, 6) is 1.23. The lowest BCUT2D eigenvalue weighted by Crippen LogP contribution is -2.49. The van der Waals surface area contributed by atoms with Crippen molar-refractivity contribution >= 4 is 43.6 Å². The van der Waals surface area contributed by atoms with Gasteiger partial charge in [0.1, 0.15) is 5.60 Å². The van der Waals surface area contributed by atoms with Crippen molar-refractivity contribution in [2.75, 3.05) is 11.4 Å². The number of rotatable bonds is 1. The highest BCUT2D eigenvalue weighted by atomic mass is 79.9. The summed E-state index contributed by atoms with van der Waals surface area (Å²) < 4.78 is 9.39. The van der Waals surface area contributed by atoms with E-state index >= 15 is 0 Å². The Hall–Kier alpha value is -1.34. The molecular formula is C16H17Br2N3O2. The zero-order chi connectivity index (χ0) is 16.9. The first kappa shape index (κ1) is 16.5. The minimum Gasteiger partial charge on any atom is -0.480 e. The standard InChI is InChI=1S/C16H17Br2N3O2/c1-9-11(17)5-10(6-12(9)18)15(22)21-8-16(2,3)23-13-7-19-20(4)14(13)21/h5-7H,8H2,1-4H3. The molecule has 0 aliphatic carbocycles. The van der Waals surface area contributed by atoms with Crippen LogP contribution in [0.15, 0.2) is 27.3 Å². The highest BCUT2D eigenvalue weighted by Gasteiger charge is 2.37. The summed E-state index contributed by atoms with van der Waals surface area (Å²) in [6, 6.07) is 3.70. The van der Waals surface area contributed by atoms with E-state index in [1.165, 1.54) is 0 Å². The normalized spacial score (nSPS) is 16.0. The molecule has 0 N–H and O–H groups in total. The summed E-state index contributed by atoms with van der Waals surface area (Å²) >= 11 is 7.01. The number of amides is 1. The van der Waals surface area contributed by atoms with Gasteiger partial charge in [0, 0.05) is 21.6 Å². The number of benzene rings is 1. The van der Waals surface area contributed by atoms with Gasteiger partial charge >= 0.3 is 0 Å². The molecule has 1 aliphatic rings. The van der Waals surface area contributed by atoms with Crippen LogP contribution in [0.25, 0.3) is 0 Å². The maximum Gasteiger partial charge on any atom is 0.259 e. The molecule has 1 aromatic heterocycles. The number of carbonyl (C=O) groups excluding carboxylic acids is 1. The molecule has 0 saturated carbocycles. The number of hydrogen-bond acceptors (Lipinski definition) is 3. The first-order valence-electron chi connectivity index (χ1n) is 7.18. The van der Waals surface area contributed by atoms with Crippen molar-refractivity contribution in [1.29, 1.82) is 0 Å². The van der Waals surface area contributed by atoms with E-state index in [0.717, 1.165) is 14.5 Å². The molecule has 1 aliphatic heterocycles. The lowest BCUT2D eigenvalue weighted by atomic mass is 10.1. The second-order valence-corrected chi connectivity index (χ2v) is 7.98. The lowest BCUT2D eigenvalue weighted by molar-refractivity contribution is 0.0832. The smallest absolute Gasteiger partial charge is 0.259 e. The second-order valence-electron chi connectivity index (χ2n) is 6.27. The second kappa shape index (κ2) is 5.63. The van der Waals surface area contributed by atoms with Gasteiger partial charge in [-0.3, -0.25) is 9.69 Å². The van der Waals surface area contributed by atoms with Crippen molar-refractivity contribution in [1.82, 2.24) is 9.78 Å². The average molecular weight is 443 g/mol. The van der Waals surface area contributed by atoms with E-state index in [1.54, 1.807) is 15.8 Å². The first-order chi connectivity index (χ1) is 10.7. The Bertz CT molecular complexity index is 776. The van der Waals surface area contributed by atoms with Crippen molar-refractivity contribution < 1.29 is 9.53 Å². The number of fused-ring (bicyclic) bond motifs is 1. The molecule has 122 valence electrons. The summed E-state index contributed by atoms with van der Waals surface area (Å²) in [5.41, 5.74) is 1.20. The fourth-order valence-corrected chi connectivity index (χ4v) is 3.86. The Kier molecular flexibility index (Phi) is 4.04. The van der Waals surface area contributed by atoms with E-state index in [9.17, 15) is 4.79 Å². The van der Waals surface area contributed by atoms with Gasteiger partial charge < -0.3 is 4.74 Å². The van der Waals surface area contributed by atoms with Crippen LogP contribution >= 0.6 is 31.9 Å². The van der Waals surface area contributed by atoms with Gasteiger partial charge in [-0.15, -0.1) is 0 Å². The number of aromatic nitrogens is 2. The topological polar surface area (TPSA) is 47.4 Å². The quantitative estimate of drug-likeness (QED) is 0.668. The molecule has 0 fully saturated rings. The third kappa shape index (κ3) is 2.92. The zero-order valence-corrected chi connectivity index (χ0v) is 16.5. The number of ether oxygens (including phenoxy) is 1. The zero-order valence-electron chi connectivity index (χ0n) is 13.4. The molecule has 0 unspecified atom stereocenters. The molecule has 5 nitrogen and oxygen atoms in total. The molecule has 1 amide bonds. The van der Waals surface area contributed by atoms with Crippen LogP contribution in [-0.4, -0.2) is 27.8 Å². The molecular weight excluding hydrogens is 426 g/mol. The predicted molar refractivity (Wildman–Crippen MR) is 96.2 cm³/mol. The van der Waals surface area contributed by atoms with Crippen molar-refractivity contribution in [2.45, 2.75) is 26.4 Å². The third-order valence-electron chi connectivity index (χ3n) is 3.83. The van der Waals surface area contributed by atoms with E-state index in [-0.39, 0.29) is 5.91 Å².